The Morgan fingerprint density at radius 1 is 1.04 bits per heavy atom. The van der Waals surface area contributed by atoms with Crippen molar-refractivity contribution >= 4 is 11.0 Å². The summed E-state index contributed by atoms with van der Waals surface area (Å²) in [5.41, 5.74) is 3.75. The molecule has 0 atom stereocenters. The van der Waals surface area contributed by atoms with Crippen LogP contribution < -0.4 is 10.2 Å². The largest absolute Gasteiger partial charge is 0.343 e. The van der Waals surface area contributed by atoms with E-state index in [9.17, 15) is 0 Å². The molecule has 8 nitrogen and oxygen atoms in total. The van der Waals surface area contributed by atoms with Crippen LogP contribution in [0.2, 0.25) is 0 Å². The maximum absolute atomic E-state index is 5.75. The van der Waals surface area contributed by atoms with Crippen LogP contribution in [-0.2, 0) is 0 Å². The van der Waals surface area contributed by atoms with E-state index in [1.165, 1.54) is 0 Å². The Morgan fingerprint density at radius 3 is 2.74 bits per heavy atom. The zero-order valence-corrected chi connectivity index (χ0v) is 14.7. The number of rotatable bonds is 4. The van der Waals surface area contributed by atoms with Gasteiger partial charge in [0.25, 0.3) is 0 Å². The first-order valence-corrected chi connectivity index (χ1v) is 9.04. The Morgan fingerprint density at radius 2 is 1.89 bits per heavy atom. The third kappa shape index (κ3) is 3.15. The van der Waals surface area contributed by atoms with Gasteiger partial charge in [0.1, 0.15) is 5.52 Å². The second-order valence-corrected chi connectivity index (χ2v) is 6.58. The fraction of sp³-hybridized carbons (Fsp3) is 0.263. The minimum atomic E-state index is 0.291. The van der Waals surface area contributed by atoms with Crippen LogP contribution in [0.15, 0.2) is 55.4 Å². The summed E-state index contributed by atoms with van der Waals surface area (Å²) >= 11 is 0. The molecule has 0 aliphatic carbocycles. The van der Waals surface area contributed by atoms with Crippen LogP contribution in [0.5, 0.6) is 6.01 Å². The first kappa shape index (κ1) is 16.0. The van der Waals surface area contributed by atoms with Crippen LogP contribution in [0, 0.1) is 0 Å². The molecule has 5 rings (SSSR count). The van der Waals surface area contributed by atoms with Gasteiger partial charge in [-0.25, -0.2) is 9.97 Å². The van der Waals surface area contributed by atoms with E-state index < -0.39 is 0 Å². The van der Waals surface area contributed by atoms with Gasteiger partial charge >= 0.3 is 6.01 Å². The summed E-state index contributed by atoms with van der Waals surface area (Å²) in [6, 6.07) is 6.45. The standard InChI is InChI=1S/C19H19N7O/c1-5-21-19(22-6-1)27-26-9-4-17-18(26)10-14(11-23-17)15-12-24-25(13-15)16-2-7-20-8-3-16/h1,4-6,9-13,16,20H,2-3,7-8H2. The van der Waals surface area contributed by atoms with E-state index in [1.54, 1.807) is 23.2 Å². The number of aromatic nitrogens is 6. The number of hydrogen-bond acceptors (Lipinski definition) is 6. The van der Waals surface area contributed by atoms with Crippen molar-refractivity contribution in [3.8, 4) is 17.1 Å². The molecule has 4 aromatic rings. The van der Waals surface area contributed by atoms with Crippen molar-refractivity contribution in [2.75, 3.05) is 13.1 Å². The summed E-state index contributed by atoms with van der Waals surface area (Å²) < 4.78 is 3.71. The van der Waals surface area contributed by atoms with Crippen LogP contribution in [0.3, 0.4) is 0 Å². The van der Waals surface area contributed by atoms with Crippen LogP contribution in [0.1, 0.15) is 18.9 Å². The number of nitrogens with one attached hydrogen (secondary N) is 1. The van der Waals surface area contributed by atoms with Crippen molar-refractivity contribution in [3.05, 3.63) is 55.4 Å². The summed E-state index contributed by atoms with van der Waals surface area (Å²) in [7, 11) is 0. The predicted octanol–water partition coefficient (Wildman–Crippen LogP) is 2.46. The lowest BCUT2D eigenvalue weighted by Gasteiger charge is -2.22. The van der Waals surface area contributed by atoms with Crippen LogP contribution in [-0.4, -0.2) is 42.6 Å². The SMILES string of the molecule is c1cnc(On2ccc3ncc(-c4cnn(C5CCNCC5)c4)cc32)nc1. The topological polar surface area (TPSA) is 82.7 Å². The highest BCUT2D eigenvalue weighted by Crippen LogP contribution is 2.26. The van der Waals surface area contributed by atoms with E-state index >= 15 is 0 Å². The van der Waals surface area contributed by atoms with Gasteiger partial charge in [-0.15, -0.1) is 0 Å². The van der Waals surface area contributed by atoms with Crippen LogP contribution in [0.4, 0.5) is 0 Å². The summed E-state index contributed by atoms with van der Waals surface area (Å²) in [5.74, 6) is 0. The molecule has 136 valence electrons. The molecular formula is C19H19N7O. The lowest BCUT2D eigenvalue weighted by molar-refractivity contribution is 0.208. The van der Waals surface area contributed by atoms with Gasteiger partial charge in [0.05, 0.1) is 17.8 Å². The highest BCUT2D eigenvalue weighted by atomic mass is 16.7. The minimum absolute atomic E-state index is 0.291. The minimum Gasteiger partial charge on any atom is -0.333 e. The molecule has 8 heteroatoms. The van der Waals surface area contributed by atoms with Gasteiger partial charge < -0.3 is 10.2 Å². The molecular weight excluding hydrogens is 342 g/mol. The molecule has 5 heterocycles. The molecule has 0 amide bonds. The smallest absolute Gasteiger partial charge is 0.333 e. The molecule has 1 saturated heterocycles. The van der Waals surface area contributed by atoms with Gasteiger partial charge in [-0.05, 0) is 44.1 Å². The molecule has 4 aromatic heterocycles. The first-order valence-electron chi connectivity index (χ1n) is 9.04. The Labute approximate surface area is 155 Å². The zero-order chi connectivity index (χ0) is 18.1. The normalized spacial score (nSPS) is 15.3. The van der Waals surface area contributed by atoms with Crippen molar-refractivity contribution in [1.82, 2.24) is 34.8 Å². The Balaban J connectivity index is 1.45. The number of piperidine rings is 1. The number of pyridine rings is 1. The maximum atomic E-state index is 5.75. The molecule has 1 fully saturated rings. The van der Waals surface area contributed by atoms with Crippen molar-refractivity contribution in [2.45, 2.75) is 18.9 Å². The second-order valence-electron chi connectivity index (χ2n) is 6.58. The molecule has 0 aromatic carbocycles. The number of nitrogens with zero attached hydrogens (tertiary/aromatic N) is 6. The highest BCUT2D eigenvalue weighted by Gasteiger charge is 2.16. The Kier molecular flexibility index (Phi) is 4.02. The first-order chi connectivity index (χ1) is 13.4. The Bertz CT molecular complexity index is 1050. The molecule has 0 saturated carbocycles. The number of fused-ring (bicyclic) bond motifs is 1. The Hall–Kier alpha value is -3.26. The van der Waals surface area contributed by atoms with Gasteiger partial charge in [0.15, 0.2) is 0 Å². The van der Waals surface area contributed by atoms with Gasteiger partial charge in [-0.3, -0.25) is 9.67 Å². The zero-order valence-electron chi connectivity index (χ0n) is 14.7. The average molecular weight is 361 g/mol. The molecule has 0 unspecified atom stereocenters. The van der Waals surface area contributed by atoms with E-state index in [1.807, 2.05) is 24.7 Å². The molecule has 0 bridgehead atoms. The summed E-state index contributed by atoms with van der Waals surface area (Å²) in [6.07, 6.45) is 13.2. The lowest BCUT2D eigenvalue weighted by Crippen LogP contribution is -2.29. The third-order valence-electron chi connectivity index (χ3n) is 4.84. The molecule has 1 aliphatic rings. The third-order valence-corrected chi connectivity index (χ3v) is 4.84. The van der Waals surface area contributed by atoms with Gasteiger partial charge in [-0.2, -0.15) is 9.83 Å². The van der Waals surface area contributed by atoms with E-state index in [2.05, 4.69) is 42.3 Å². The number of hydrogen-bond donors (Lipinski definition) is 1. The van der Waals surface area contributed by atoms with Gasteiger partial charge in [0.2, 0.25) is 0 Å². The van der Waals surface area contributed by atoms with Crippen molar-refractivity contribution in [2.24, 2.45) is 0 Å². The van der Waals surface area contributed by atoms with Crippen LogP contribution >= 0.6 is 0 Å². The molecule has 1 aliphatic heterocycles. The van der Waals surface area contributed by atoms with Crippen LogP contribution in [0.25, 0.3) is 22.2 Å². The van der Waals surface area contributed by atoms with Crippen molar-refractivity contribution in [3.63, 3.8) is 0 Å². The molecule has 1 N–H and O–H groups in total. The molecule has 0 radical (unpaired) electrons. The quantitative estimate of drug-likeness (QED) is 0.601. The highest BCUT2D eigenvalue weighted by molar-refractivity contribution is 5.80. The van der Waals surface area contributed by atoms with Crippen molar-refractivity contribution in [1.29, 1.82) is 0 Å². The van der Waals surface area contributed by atoms with E-state index in [-0.39, 0.29) is 0 Å². The predicted molar refractivity (Wildman–Crippen MR) is 100 cm³/mol. The summed E-state index contributed by atoms with van der Waals surface area (Å²) in [4.78, 5) is 18.5. The molecule has 27 heavy (non-hydrogen) atoms. The van der Waals surface area contributed by atoms with Crippen molar-refractivity contribution < 1.29 is 4.84 Å². The van der Waals surface area contributed by atoms with E-state index in [0.717, 1.165) is 48.1 Å². The average Bonchev–Trinajstić information content (AvgIpc) is 3.37. The van der Waals surface area contributed by atoms with Gasteiger partial charge in [-0.1, -0.05) is 0 Å². The maximum Gasteiger partial charge on any atom is 0.343 e. The van der Waals surface area contributed by atoms with E-state index in [4.69, 9.17) is 4.84 Å². The molecule has 0 spiro atoms. The summed E-state index contributed by atoms with van der Waals surface area (Å²) in [6.45, 7) is 2.08. The second kappa shape index (κ2) is 6.81. The monoisotopic (exact) mass is 361 g/mol. The van der Waals surface area contributed by atoms with Gasteiger partial charge in [0, 0.05) is 42.1 Å². The van der Waals surface area contributed by atoms with E-state index in [0.29, 0.717) is 12.1 Å². The lowest BCUT2D eigenvalue weighted by atomic mass is 10.1. The fourth-order valence-electron chi connectivity index (χ4n) is 3.40. The summed E-state index contributed by atoms with van der Waals surface area (Å²) in [5, 5.41) is 7.97. The fourth-order valence-corrected chi connectivity index (χ4v) is 3.40.